The monoisotopic (exact) mass is 1020 g/mol. The van der Waals surface area contributed by atoms with Crippen molar-refractivity contribution >= 4 is 23.6 Å². The molecule has 4 aromatic rings. The summed E-state index contributed by atoms with van der Waals surface area (Å²) in [6.45, 7) is 2.75. The maximum absolute atomic E-state index is 13.7. The van der Waals surface area contributed by atoms with Gasteiger partial charge in [-0.1, -0.05) is 75.4 Å². The lowest BCUT2D eigenvalue weighted by atomic mass is 9.47. The molecule has 0 radical (unpaired) electrons. The van der Waals surface area contributed by atoms with Crippen LogP contribution in [-0.4, -0.2) is 89.0 Å². The Balaban J connectivity index is 0.885. The van der Waals surface area contributed by atoms with Crippen LogP contribution in [0, 0.1) is 17.8 Å². The number of carbonyl (C=O) groups excluding carboxylic acids is 2. The summed E-state index contributed by atoms with van der Waals surface area (Å²) in [5.74, 6) is 0.161. The predicted molar refractivity (Wildman–Crippen MR) is 283 cm³/mol. The number of ether oxygens (including phenoxy) is 5. The van der Waals surface area contributed by atoms with Crippen molar-refractivity contribution in [3.05, 3.63) is 106 Å². The van der Waals surface area contributed by atoms with Crippen LogP contribution >= 0.6 is 0 Å². The molecular weight excluding hydrogens is 951 g/mol. The second-order valence-electron chi connectivity index (χ2n) is 22.4. The molecule has 396 valence electrons. The molecule has 5 aliphatic carbocycles. The van der Waals surface area contributed by atoms with Gasteiger partial charge >= 0.3 is 0 Å². The van der Waals surface area contributed by atoms with Crippen LogP contribution in [0.2, 0.25) is 0 Å². The van der Waals surface area contributed by atoms with Crippen LogP contribution in [-0.2, 0) is 27.8 Å². The summed E-state index contributed by atoms with van der Waals surface area (Å²) < 4.78 is 32.3. The van der Waals surface area contributed by atoms with E-state index in [9.17, 15) is 30.0 Å². The summed E-state index contributed by atoms with van der Waals surface area (Å²) in [6, 6.07) is 15.6. The summed E-state index contributed by atoms with van der Waals surface area (Å²) in [5.41, 5.74) is 6.62. The Bertz CT molecular complexity index is 2950. The molecule has 14 nitrogen and oxygen atoms in total. The number of rotatable bonds is 14. The largest absolute Gasteiger partial charge is 0.502 e. The molecule has 0 saturated heterocycles. The Morgan fingerprint density at radius 1 is 0.813 bits per heavy atom. The van der Waals surface area contributed by atoms with Crippen molar-refractivity contribution in [2.75, 3.05) is 45.9 Å². The maximum atomic E-state index is 13.7. The Kier molecular flexibility index (Phi) is 12.9. The van der Waals surface area contributed by atoms with Crippen molar-refractivity contribution in [1.29, 1.82) is 0 Å². The van der Waals surface area contributed by atoms with Crippen LogP contribution in [0.15, 0.2) is 66.8 Å². The molecule has 4 aromatic carbocycles. The summed E-state index contributed by atoms with van der Waals surface area (Å²) in [5, 5.41) is 55.3. The first-order chi connectivity index (χ1) is 36.5. The number of nitrogens with one attached hydrogen (secondary N) is 2. The molecule has 3 aliphatic heterocycles. The minimum Gasteiger partial charge on any atom is -0.502 e. The molecule has 8 aliphatic rings. The molecule has 12 rings (SSSR count). The number of aliphatic hydroxyl groups excluding tert-OH is 3. The number of carbonyl (C=O) groups is 2. The number of benzene rings is 4. The molecule has 3 saturated carbocycles. The van der Waals surface area contributed by atoms with Crippen LogP contribution in [0.4, 0.5) is 5.69 Å². The van der Waals surface area contributed by atoms with Gasteiger partial charge in [0.2, 0.25) is 5.75 Å². The highest BCUT2D eigenvalue weighted by molar-refractivity contribution is 6.13. The number of phenols is 1. The molecule has 3 heterocycles. The minimum absolute atomic E-state index is 0.0341. The van der Waals surface area contributed by atoms with E-state index in [1.807, 2.05) is 24.3 Å². The highest BCUT2D eigenvalue weighted by atomic mass is 16.5. The fraction of sp³-hybridized carbons (Fsp3) is 0.508. The van der Waals surface area contributed by atoms with Crippen molar-refractivity contribution in [3.63, 3.8) is 0 Å². The van der Waals surface area contributed by atoms with Crippen LogP contribution in [0.3, 0.4) is 0 Å². The number of aliphatic hydroxyl groups is 3. The highest BCUT2D eigenvalue weighted by Crippen LogP contribution is 2.62. The zero-order valence-electron chi connectivity index (χ0n) is 43.4. The number of aromatic hydroxyl groups is 1. The van der Waals surface area contributed by atoms with Gasteiger partial charge in [0.15, 0.2) is 23.5 Å². The topological polar surface area (TPSA) is 189 Å². The van der Waals surface area contributed by atoms with E-state index in [1.54, 1.807) is 24.1 Å². The standard InChI is InChI=1S/C61H71N3O11/c1-4-62-60(25-11-6-12-26-60)75-47-31-45(71-2)38-18-19-39-52-44(63-58(70)55(47)54(38)52)30-46-53(39)56(68)40(34-74-46)36-28-48(72-3)57(69)49(29-36)73-33-37(32-65)61-27-13-16-42(43(61)20-17-35-14-7-8-15-41(35)61)59(23-9-5-10-24-59)64-50(66)21-22-51(64)67/h7-8,14-15,17,20-22,28-31,37,40,42-43,56,58,62-63,65,68-70H,4-6,9-13,16,18-19,23-27,32-34H2,1-3H3/t37-,40-,42-,43+,56-,58+,61-/m0/s1. The maximum Gasteiger partial charge on any atom is 0.254 e. The first-order valence-electron chi connectivity index (χ1n) is 27.6. The number of allylic oxidation sites excluding steroid dienone is 1. The highest BCUT2D eigenvalue weighted by Gasteiger charge is 2.60. The molecule has 0 bridgehead atoms. The normalized spacial score (nSPS) is 27.0. The van der Waals surface area contributed by atoms with Gasteiger partial charge in [0, 0.05) is 82.3 Å². The summed E-state index contributed by atoms with van der Waals surface area (Å²) in [7, 11) is 3.15. The van der Waals surface area contributed by atoms with E-state index >= 15 is 0 Å². The van der Waals surface area contributed by atoms with E-state index < -0.39 is 40.8 Å². The fourth-order valence-corrected chi connectivity index (χ4v) is 15.7. The Hall–Kier alpha value is -6.06. The molecule has 2 amide bonds. The summed E-state index contributed by atoms with van der Waals surface area (Å²) in [4.78, 5) is 28.9. The molecular formula is C61H71N3O11. The van der Waals surface area contributed by atoms with Gasteiger partial charge in [0.05, 0.1) is 51.2 Å². The number of phenolic OH excluding ortho intramolecular Hbond substituents is 1. The molecule has 0 aromatic heterocycles. The van der Waals surface area contributed by atoms with Gasteiger partial charge in [-0.3, -0.25) is 19.8 Å². The van der Waals surface area contributed by atoms with Crippen LogP contribution in [0.5, 0.6) is 34.5 Å². The minimum atomic E-state index is -1.07. The lowest BCUT2D eigenvalue weighted by Crippen LogP contribution is -2.64. The number of imide groups is 1. The number of methoxy groups -OCH3 is 2. The van der Waals surface area contributed by atoms with Crippen molar-refractivity contribution in [2.45, 2.75) is 138 Å². The third kappa shape index (κ3) is 7.85. The summed E-state index contributed by atoms with van der Waals surface area (Å²) >= 11 is 0. The molecule has 0 unspecified atom stereocenters. The van der Waals surface area contributed by atoms with Gasteiger partial charge in [-0.05, 0) is 104 Å². The van der Waals surface area contributed by atoms with E-state index in [-0.39, 0.29) is 60.7 Å². The average Bonchev–Trinajstić information content (AvgIpc) is 3.78. The van der Waals surface area contributed by atoms with Gasteiger partial charge in [-0.15, -0.1) is 0 Å². The Morgan fingerprint density at radius 2 is 1.53 bits per heavy atom. The average molecular weight is 1020 g/mol. The molecule has 7 atom stereocenters. The van der Waals surface area contributed by atoms with Gasteiger partial charge < -0.3 is 49.4 Å². The second-order valence-corrected chi connectivity index (χ2v) is 22.4. The first kappa shape index (κ1) is 49.8. The number of anilines is 1. The number of nitrogens with zero attached hydrogens (tertiary/aromatic N) is 1. The first-order valence-corrected chi connectivity index (χ1v) is 27.6. The van der Waals surface area contributed by atoms with Gasteiger partial charge in [0.25, 0.3) is 11.8 Å². The zero-order valence-corrected chi connectivity index (χ0v) is 43.4. The van der Waals surface area contributed by atoms with Crippen LogP contribution < -0.4 is 34.3 Å². The number of hydrogen-bond donors (Lipinski definition) is 6. The van der Waals surface area contributed by atoms with E-state index in [1.165, 1.54) is 19.3 Å². The zero-order chi connectivity index (χ0) is 51.8. The van der Waals surface area contributed by atoms with E-state index in [0.717, 1.165) is 123 Å². The third-order valence-corrected chi connectivity index (χ3v) is 18.9. The Labute approximate surface area is 439 Å². The lowest BCUT2D eigenvalue weighted by molar-refractivity contribution is -0.153. The van der Waals surface area contributed by atoms with Crippen molar-refractivity contribution in [2.24, 2.45) is 17.8 Å². The number of fused-ring (bicyclic) bond motifs is 5. The molecule has 6 N–H and O–H groups in total. The van der Waals surface area contributed by atoms with Crippen LogP contribution in [0.25, 0.3) is 17.2 Å². The molecule has 0 spiro atoms. The number of amides is 2. The quantitative estimate of drug-likeness (QED) is 0.0518. The van der Waals surface area contributed by atoms with E-state index in [2.05, 4.69) is 41.8 Å². The van der Waals surface area contributed by atoms with E-state index in [4.69, 9.17) is 23.7 Å². The lowest BCUT2D eigenvalue weighted by Gasteiger charge is -2.60. The van der Waals surface area contributed by atoms with Crippen molar-refractivity contribution < 1.29 is 53.7 Å². The smallest absolute Gasteiger partial charge is 0.254 e. The SMILES string of the molecule is CCNC1(Oc2cc(OC)c3c4c2[C@@H](O)Nc2cc5c(c(c2-4)CC3)[C@@H](O)[C@H](c2cc(OC)c(O)c(OC[C@H](CO)[C@]34CCC[C@H](C6(N7C(=O)C=CC7=O)CCCCC6)[C@H]3C=Cc3ccccc34)c2)CO5)CCCCC1. The molecule has 3 fully saturated rings. The summed E-state index contributed by atoms with van der Waals surface area (Å²) in [6.07, 6.45) is 18.1. The fourth-order valence-electron chi connectivity index (χ4n) is 15.7. The van der Waals surface area contributed by atoms with Crippen molar-refractivity contribution in [1.82, 2.24) is 10.2 Å². The third-order valence-electron chi connectivity index (χ3n) is 18.9. The van der Waals surface area contributed by atoms with Gasteiger partial charge in [-0.25, -0.2) is 0 Å². The van der Waals surface area contributed by atoms with Crippen LogP contribution in [0.1, 0.15) is 148 Å². The Morgan fingerprint density at radius 3 is 2.27 bits per heavy atom. The van der Waals surface area contributed by atoms with E-state index in [0.29, 0.717) is 52.5 Å². The molecule has 14 heteroatoms. The number of hydrogen-bond acceptors (Lipinski definition) is 13. The second kappa shape index (κ2) is 19.5. The van der Waals surface area contributed by atoms with Gasteiger partial charge in [0.1, 0.15) is 17.2 Å². The molecule has 75 heavy (non-hydrogen) atoms. The van der Waals surface area contributed by atoms with Crippen molar-refractivity contribution in [3.8, 4) is 45.6 Å². The van der Waals surface area contributed by atoms with Gasteiger partial charge in [-0.2, -0.15) is 0 Å². The predicted octanol–water partition coefficient (Wildman–Crippen LogP) is 9.45.